The molecule has 1 heterocycles. The highest BCUT2D eigenvalue weighted by Crippen LogP contribution is 2.21. The Bertz CT molecular complexity index is 780. The Morgan fingerprint density at radius 3 is 2.65 bits per heavy atom. The van der Waals surface area contributed by atoms with Crippen LogP contribution in [0.2, 0.25) is 0 Å². The van der Waals surface area contributed by atoms with Crippen LogP contribution < -0.4 is 0 Å². The standard InChI is InChI=1S/C19H20FN3/c1-14-8-9-17(18(20)10-14)11-15(2)19-13-23(22-21-19)12-16-6-4-3-5-7-16/h3-10,13,15H,11-12H2,1-2H3. The van der Waals surface area contributed by atoms with Crippen LogP contribution in [-0.4, -0.2) is 15.0 Å². The zero-order valence-electron chi connectivity index (χ0n) is 13.4. The van der Waals surface area contributed by atoms with Gasteiger partial charge in [0.05, 0.1) is 12.2 Å². The average molecular weight is 309 g/mol. The van der Waals surface area contributed by atoms with E-state index in [1.807, 2.05) is 48.1 Å². The van der Waals surface area contributed by atoms with Gasteiger partial charge in [0.2, 0.25) is 0 Å². The maximum absolute atomic E-state index is 14.0. The summed E-state index contributed by atoms with van der Waals surface area (Å²) in [7, 11) is 0. The SMILES string of the molecule is Cc1ccc(CC(C)c2cn(Cc3ccccc3)nn2)c(F)c1. The molecular weight excluding hydrogens is 289 g/mol. The minimum absolute atomic E-state index is 0.122. The van der Waals surface area contributed by atoms with Crippen molar-refractivity contribution in [2.75, 3.05) is 0 Å². The summed E-state index contributed by atoms with van der Waals surface area (Å²) in [6.07, 6.45) is 2.57. The summed E-state index contributed by atoms with van der Waals surface area (Å²) in [4.78, 5) is 0. The summed E-state index contributed by atoms with van der Waals surface area (Å²) < 4.78 is 15.8. The number of aryl methyl sites for hydroxylation is 1. The molecular formula is C19H20FN3. The molecule has 1 aromatic heterocycles. The van der Waals surface area contributed by atoms with E-state index in [4.69, 9.17) is 0 Å². The first kappa shape index (κ1) is 15.4. The van der Waals surface area contributed by atoms with Crippen molar-refractivity contribution in [2.45, 2.75) is 32.7 Å². The third-order valence-corrected chi connectivity index (χ3v) is 3.98. The number of aromatic nitrogens is 3. The van der Waals surface area contributed by atoms with E-state index in [0.717, 1.165) is 16.8 Å². The Morgan fingerprint density at radius 2 is 1.91 bits per heavy atom. The molecule has 3 nitrogen and oxygen atoms in total. The van der Waals surface area contributed by atoms with Crippen molar-refractivity contribution in [1.82, 2.24) is 15.0 Å². The summed E-state index contributed by atoms with van der Waals surface area (Å²) in [6.45, 7) is 4.64. The molecule has 4 heteroatoms. The largest absolute Gasteiger partial charge is 0.248 e. The van der Waals surface area contributed by atoms with Gasteiger partial charge in [0.25, 0.3) is 0 Å². The third-order valence-electron chi connectivity index (χ3n) is 3.98. The van der Waals surface area contributed by atoms with Gasteiger partial charge in [-0.3, -0.25) is 0 Å². The molecule has 0 amide bonds. The van der Waals surface area contributed by atoms with Crippen LogP contribution >= 0.6 is 0 Å². The molecule has 1 atom stereocenters. The normalized spacial score (nSPS) is 12.3. The van der Waals surface area contributed by atoms with Crippen molar-refractivity contribution >= 4 is 0 Å². The van der Waals surface area contributed by atoms with E-state index in [1.165, 1.54) is 5.56 Å². The molecule has 3 aromatic rings. The lowest BCUT2D eigenvalue weighted by Gasteiger charge is -2.09. The second-order valence-corrected chi connectivity index (χ2v) is 6.03. The smallest absolute Gasteiger partial charge is 0.126 e. The second-order valence-electron chi connectivity index (χ2n) is 6.03. The van der Waals surface area contributed by atoms with Gasteiger partial charge in [-0.1, -0.05) is 54.6 Å². The quantitative estimate of drug-likeness (QED) is 0.710. The molecule has 0 fully saturated rings. The maximum atomic E-state index is 14.0. The first-order chi connectivity index (χ1) is 11.1. The monoisotopic (exact) mass is 309 g/mol. The number of nitrogens with zero attached hydrogens (tertiary/aromatic N) is 3. The number of benzene rings is 2. The summed E-state index contributed by atoms with van der Waals surface area (Å²) in [5, 5.41) is 8.43. The fourth-order valence-corrected chi connectivity index (χ4v) is 2.64. The molecule has 0 aliphatic heterocycles. The van der Waals surface area contributed by atoms with Crippen molar-refractivity contribution in [3.05, 3.63) is 82.9 Å². The highest BCUT2D eigenvalue weighted by Gasteiger charge is 2.13. The van der Waals surface area contributed by atoms with Gasteiger partial charge in [-0.05, 0) is 36.1 Å². The van der Waals surface area contributed by atoms with Crippen LogP contribution in [-0.2, 0) is 13.0 Å². The number of halogens is 1. The van der Waals surface area contributed by atoms with E-state index in [9.17, 15) is 4.39 Å². The molecule has 118 valence electrons. The summed E-state index contributed by atoms with van der Waals surface area (Å²) in [5.74, 6) is -0.0229. The van der Waals surface area contributed by atoms with E-state index in [0.29, 0.717) is 13.0 Å². The number of hydrogen-bond donors (Lipinski definition) is 0. The lowest BCUT2D eigenvalue weighted by molar-refractivity contribution is 0.593. The average Bonchev–Trinajstić information content (AvgIpc) is 3.00. The Labute approximate surface area is 135 Å². The van der Waals surface area contributed by atoms with E-state index < -0.39 is 0 Å². The van der Waals surface area contributed by atoms with E-state index in [2.05, 4.69) is 29.4 Å². The zero-order valence-corrected chi connectivity index (χ0v) is 13.4. The van der Waals surface area contributed by atoms with Crippen LogP contribution in [0, 0.1) is 12.7 Å². The highest BCUT2D eigenvalue weighted by molar-refractivity contribution is 5.25. The van der Waals surface area contributed by atoms with Gasteiger partial charge < -0.3 is 0 Å². The fraction of sp³-hybridized carbons (Fsp3) is 0.263. The number of hydrogen-bond acceptors (Lipinski definition) is 2. The van der Waals surface area contributed by atoms with Crippen molar-refractivity contribution < 1.29 is 4.39 Å². The summed E-state index contributed by atoms with van der Waals surface area (Å²) >= 11 is 0. The molecule has 2 aromatic carbocycles. The zero-order chi connectivity index (χ0) is 16.2. The minimum atomic E-state index is -0.145. The van der Waals surface area contributed by atoms with Crippen LogP contribution in [0.25, 0.3) is 0 Å². The van der Waals surface area contributed by atoms with E-state index in [1.54, 1.807) is 6.07 Å². The van der Waals surface area contributed by atoms with Crippen LogP contribution in [0.1, 0.15) is 35.2 Å². The second kappa shape index (κ2) is 6.73. The fourth-order valence-electron chi connectivity index (χ4n) is 2.64. The summed E-state index contributed by atoms with van der Waals surface area (Å²) in [6, 6.07) is 15.5. The first-order valence-electron chi connectivity index (χ1n) is 7.81. The van der Waals surface area contributed by atoms with Crippen molar-refractivity contribution in [3.63, 3.8) is 0 Å². The van der Waals surface area contributed by atoms with Gasteiger partial charge >= 0.3 is 0 Å². The van der Waals surface area contributed by atoms with E-state index >= 15 is 0 Å². The van der Waals surface area contributed by atoms with Crippen LogP contribution in [0.3, 0.4) is 0 Å². The van der Waals surface area contributed by atoms with E-state index in [-0.39, 0.29) is 11.7 Å². The summed E-state index contributed by atoms with van der Waals surface area (Å²) in [5.41, 5.74) is 3.73. The lowest BCUT2D eigenvalue weighted by Crippen LogP contribution is -2.02. The van der Waals surface area contributed by atoms with Gasteiger partial charge in [-0.25, -0.2) is 9.07 Å². The molecule has 0 saturated carbocycles. The van der Waals surface area contributed by atoms with Crippen LogP contribution in [0.15, 0.2) is 54.7 Å². The van der Waals surface area contributed by atoms with Gasteiger partial charge in [-0.15, -0.1) is 5.10 Å². The molecule has 0 bridgehead atoms. The van der Waals surface area contributed by atoms with Gasteiger partial charge in [-0.2, -0.15) is 0 Å². The predicted molar refractivity (Wildman–Crippen MR) is 88.8 cm³/mol. The Balaban J connectivity index is 1.69. The van der Waals surface area contributed by atoms with Gasteiger partial charge in [0.15, 0.2) is 0 Å². The van der Waals surface area contributed by atoms with Crippen molar-refractivity contribution in [2.24, 2.45) is 0 Å². The third kappa shape index (κ3) is 3.83. The van der Waals surface area contributed by atoms with Crippen LogP contribution in [0.4, 0.5) is 4.39 Å². The molecule has 0 radical (unpaired) electrons. The molecule has 23 heavy (non-hydrogen) atoms. The van der Waals surface area contributed by atoms with Gasteiger partial charge in [0.1, 0.15) is 5.82 Å². The molecule has 0 N–H and O–H groups in total. The van der Waals surface area contributed by atoms with Crippen molar-refractivity contribution in [1.29, 1.82) is 0 Å². The highest BCUT2D eigenvalue weighted by atomic mass is 19.1. The Hall–Kier alpha value is -2.49. The van der Waals surface area contributed by atoms with Gasteiger partial charge in [0, 0.05) is 12.1 Å². The number of rotatable bonds is 5. The van der Waals surface area contributed by atoms with Crippen LogP contribution in [0.5, 0.6) is 0 Å². The minimum Gasteiger partial charge on any atom is -0.248 e. The lowest BCUT2D eigenvalue weighted by atomic mass is 9.97. The molecule has 0 spiro atoms. The molecule has 1 unspecified atom stereocenters. The molecule has 0 aliphatic rings. The first-order valence-corrected chi connectivity index (χ1v) is 7.81. The van der Waals surface area contributed by atoms with Crippen molar-refractivity contribution in [3.8, 4) is 0 Å². The molecule has 0 aliphatic carbocycles. The maximum Gasteiger partial charge on any atom is 0.126 e. The topological polar surface area (TPSA) is 30.7 Å². The molecule has 3 rings (SSSR count). The Kier molecular flexibility index (Phi) is 4.51. The Morgan fingerprint density at radius 1 is 1.13 bits per heavy atom. The predicted octanol–water partition coefficient (Wildman–Crippen LogP) is 4.12. The molecule has 0 saturated heterocycles.